The minimum Gasteiger partial charge on any atom is -0.481 e. The molecule has 0 spiro atoms. The van der Waals surface area contributed by atoms with Gasteiger partial charge in [-0.1, -0.05) is 99.1 Å². The van der Waals surface area contributed by atoms with Crippen LogP contribution in [0.5, 0.6) is 0 Å². The molecule has 1 aliphatic heterocycles. The van der Waals surface area contributed by atoms with E-state index in [9.17, 15) is 14.7 Å². The fourth-order valence-electron chi connectivity index (χ4n) is 5.17. The van der Waals surface area contributed by atoms with Crippen LogP contribution in [0.3, 0.4) is 0 Å². The van der Waals surface area contributed by atoms with Gasteiger partial charge >= 0.3 is 5.97 Å². The number of carboxylic acids is 1. The minimum absolute atomic E-state index is 0.232. The van der Waals surface area contributed by atoms with Crippen molar-refractivity contribution in [2.45, 2.75) is 39.4 Å². The Balaban J connectivity index is 1.74. The monoisotopic (exact) mass is 527 g/mol. The second-order valence-electron chi connectivity index (χ2n) is 10.9. The Morgan fingerprint density at radius 3 is 2.34 bits per heavy atom. The van der Waals surface area contributed by atoms with Crippen LogP contribution in [0.1, 0.15) is 44.4 Å². The molecular weight excluding hydrogens is 498 g/mol. The third-order valence-electron chi connectivity index (χ3n) is 6.72. The van der Waals surface area contributed by atoms with E-state index in [4.69, 9.17) is 16.3 Å². The predicted octanol–water partition coefficient (Wildman–Crippen LogP) is 7.50. The number of hydrogen-bond donors (Lipinski definition) is 1. The van der Waals surface area contributed by atoms with Crippen molar-refractivity contribution in [1.82, 2.24) is 0 Å². The molecule has 0 saturated heterocycles. The maximum atomic E-state index is 13.8. The molecule has 38 heavy (non-hydrogen) atoms. The van der Waals surface area contributed by atoms with E-state index in [1.54, 1.807) is 11.0 Å². The van der Waals surface area contributed by atoms with E-state index in [2.05, 4.69) is 24.3 Å². The third kappa shape index (κ3) is 5.17. The number of anilines is 1. The van der Waals surface area contributed by atoms with Crippen molar-refractivity contribution in [1.29, 1.82) is 0 Å². The van der Waals surface area contributed by atoms with Crippen LogP contribution in [0, 0.1) is 5.41 Å². The number of carbonyl (C=O) groups excluding carboxylic acids is 1. The number of hydrogen-bond acceptors (Lipinski definition) is 3. The molecule has 2 atom stereocenters. The second kappa shape index (κ2) is 10.2. The largest absolute Gasteiger partial charge is 0.481 e. The summed E-state index contributed by atoms with van der Waals surface area (Å²) in [5.41, 5.74) is 4.21. The highest BCUT2D eigenvalue weighted by Crippen LogP contribution is 2.43. The number of rotatable bonds is 5. The summed E-state index contributed by atoms with van der Waals surface area (Å²) in [5.74, 6) is -1.45. The summed E-state index contributed by atoms with van der Waals surface area (Å²) in [4.78, 5) is 27.3. The standard InChI is InChI=1S/C32H30ClNO4/c1-32(2,3)19-34-27-16-15-21(33)17-26(27)30(38-28(31(34)37)18-29(35)36)25-14-8-12-23-22(11-7-13-24(23)25)20-9-5-4-6-10-20/h4-17,28,30H,18-19H2,1-3H3,(H,35,36). The Kier molecular flexibility index (Phi) is 6.99. The smallest absolute Gasteiger partial charge is 0.306 e. The highest BCUT2D eigenvalue weighted by molar-refractivity contribution is 6.30. The first-order valence-corrected chi connectivity index (χ1v) is 13.1. The Bertz CT molecular complexity index is 1510. The zero-order valence-corrected chi connectivity index (χ0v) is 22.4. The van der Waals surface area contributed by atoms with Gasteiger partial charge in [0.05, 0.1) is 6.42 Å². The molecule has 0 aromatic heterocycles. The van der Waals surface area contributed by atoms with Crippen LogP contribution in [0.25, 0.3) is 21.9 Å². The van der Waals surface area contributed by atoms with E-state index in [1.165, 1.54) is 0 Å². The number of halogens is 1. The zero-order chi connectivity index (χ0) is 27.0. The molecule has 5 rings (SSSR count). The molecule has 4 aromatic rings. The van der Waals surface area contributed by atoms with Crippen molar-refractivity contribution in [2.75, 3.05) is 11.4 Å². The molecule has 1 amide bonds. The van der Waals surface area contributed by atoms with Crippen LogP contribution in [0.2, 0.25) is 5.02 Å². The second-order valence-corrected chi connectivity index (χ2v) is 11.3. The fourth-order valence-corrected chi connectivity index (χ4v) is 5.35. The lowest BCUT2D eigenvalue weighted by Crippen LogP contribution is -2.44. The topological polar surface area (TPSA) is 66.8 Å². The molecule has 0 bridgehead atoms. The Morgan fingerprint density at radius 2 is 1.63 bits per heavy atom. The maximum Gasteiger partial charge on any atom is 0.306 e. The van der Waals surface area contributed by atoms with Crippen LogP contribution in [-0.2, 0) is 14.3 Å². The molecule has 2 unspecified atom stereocenters. The SMILES string of the molecule is CC(C)(C)CN1C(=O)C(CC(=O)O)OC(c2cccc3c(-c4ccccc4)cccc23)c2cc(Cl)ccc21. The molecule has 0 radical (unpaired) electrons. The van der Waals surface area contributed by atoms with E-state index in [0.29, 0.717) is 17.3 Å². The Morgan fingerprint density at radius 1 is 0.921 bits per heavy atom. The highest BCUT2D eigenvalue weighted by atomic mass is 35.5. The van der Waals surface area contributed by atoms with Gasteiger partial charge in [-0.3, -0.25) is 9.59 Å². The fraction of sp³-hybridized carbons (Fsp3) is 0.250. The summed E-state index contributed by atoms with van der Waals surface area (Å²) < 4.78 is 6.47. The van der Waals surface area contributed by atoms with Crippen molar-refractivity contribution in [2.24, 2.45) is 5.41 Å². The average Bonchev–Trinajstić information content (AvgIpc) is 2.98. The average molecular weight is 528 g/mol. The molecule has 0 aliphatic carbocycles. The zero-order valence-electron chi connectivity index (χ0n) is 21.6. The highest BCUT2D eigenvalue weighted by Gasteiger charge is 2.39. The van der Waals surface area contributed by atoms with Crippen LogP contribution in [0.4, 0.5) is 5.69 Å². The number of benzene rings is 4. The molecular formula is C32H30ClNO4. The summed E-state index contributed by atoms with van der Waals surface area (Å²) in [6.45, 7) is 6.53. The molecule has 4 aromatic carbocycles. The number of amides is 1. The predicted molar refractivity (Wildman–Crippen MR) is 152 cm³/mol. The lowest BCUT2D eigenvalue weighted by molar-refractivity contribution is -0.147. The van der Waals surface area contributed by atoms with Crippen LogP contribution in [0.15, 0.2) is 84.9 Å². The van der Waals surface area contributed by atoms with Gasteiger partial charge in [-0.15, -0.1) is 0 Å². The van der Waals surface area contributed by atoms with E-state index in [-0.39, 0.29) is 11.3 Å². The van der Waals surface area contributed by atoms with Crippen LogP contribution < -0.4 is 4.90 Å². The number of carbonyl (C=O) groups is 2. The molecule has 194 valence electrons. The summed E-state index contributed by atoms with van der Waals surface area (Å²) in [5, 5.41) is 12.2. The lowest BCUT2D eigenvalue weighted by atomic mass is 9.90. The molecule has 1 aliphatic rings. The Labute approximate surface area is 227 Å². The lowest BCUT2D eigenvalue weighted by Gasteiger charge is -2.31. The van der Waals surface area contributed by atoms with Gasteiger partial charge in [-0.05, 0) is 51.1 Å². The quantitative estimate of drug-likeness (QED) is 0.292. The van der Waals surface area contributed by atoms with Crippen molar-refractivity contribution in [3.63, 3.8) is 0 Å². The van der Waals surface area contributed by atoms with E-state index in [0.717, 1.165) is 33.0 Å². The number of carboxylic acid groups (broad SMARTS) is 1. The van der Waals surface area contributed by atoms with E-state index >= 15 is 0 Å². The van der Waals surface area contributed by atoms with Gasteiger partial charge in [0.15, 0.2) is 0 Å². The van der Waals surface area contributed by atoms with Gasteiger partial charge in [-0.25, -0.2) is 0 Å². The first kappa shape index (κ1) is 26.0. The van der Waals surface area contributed by atoms with Gasteiger partial charge in [-0.2, -0.15) is 0 Å². The van der Waals surface area contributed by atoms with E-state index in [1.807, 2.05) is 75.4 Å². The van der Waals surface area contributed by atoms with Gasteiger partial charge in [0.2, 0.25) is 0 Å². The number of aliphatic carboxylic acids is 1. The van der Waals surface area contributed by atoms with Gasteiger partial charge in [0, 0.05) is 22.8 Å². The van der Waals surface area contributed by atoms with Crippen molar-refractivity contribution < 1.29 is 19.4 Å². The van der Waals surface area contributed by atoms with Crippen LogP contribution >= 0.6 is 11.6 Å². The number of fused-ring (bicyclic) bond motifs is 2. The summed E-state index contributed by atoms with van der Waals surface area (Å²) >= 11 is 6.49. The van der Waals surface area contributed by atoms with Gasteiger partial charge < -0.3 is 14.7 Å². The first-order valence-electron chi connectivity index (χ1n) is 12.7. The molecule has 5 nitrogen and oxygen atoms in total. The summed E-state index contributed by atoms with van der Waals surface area (Å²) in [6.07, 6.45) is -2.28. The molecule has 0 saturated carbocycles. The number of ether oxygens (including phenoxy) is 1. The molecule has 1 heterocycles. The summed E-state index contributed by atoms with van der Waals surface area (Å²) in [6, 6.07) is 27.7. The van der Waals surface area contributed by atoms with E-state index < -0.39 is 24.6 Å². The number of nitrogens with zero attached hydrogens (tertiary/aromatic N) is 1. The summed E-state index contributed by atoms with van der Waals surface area (Å²) in [7, 11) is 0. The van der Waals surface area contributed by atoms with Crippen LogP contribution in [-0.4, -0.2) is 29.6 Å². The molecule has 0 fully saturated rings. The molecule has 6 heteroatoms. The van der Waals surface area contributed by atoms with Gasteiger partial charge in [0.1, 0.15) is 12.2 Å². The molecule has 1 N–H and O–H groups in total. The normalized spacial score (nSPS) is 17.8. The maximum absolute atomic E-state index is 13.8. The van der Waals surface area contributed by atoms with Crippen molar-refractivity contribution >= 4 is 39.9 Å². The first-order chi connectivity index (χ1) is 18.1. The minimum atomic E-state index is -1.15. The van der Waals surface area contributed by atoms with Gasteiger partial charge in [0.25, 0.3) is 5.91 Å². The third-order valence-corrected chi connectivity index (χ3v) is 6.96. The van der Waals surface area contributed by atoms with Crippen molar-refractivity contribution in [3.8, 4) is 11.1 Å². The van der Waals surface area contributed by atoms with Crippen molar-refractivity contribution in [3.05, 3.63) is 101 Å². The Hall–Kier alpha value is -3.67.